The first-order chi connectivity index (χ1) is 36.0. The molecule has 10 rings (SSSR count). The topological polar surface area (TPSA) is 120 Å². The molecule has 0 unspecified atom stereocenters. The van der Waals surface area contributed by atoms with Crippen molar-refractivity contribution in [1.29, 1.82) is 5.26 Å². The Morgan fingerprint density at radius 2 is 0.603 bits per heavy atom. The fourth-order valence-corrected chi connectivity index (χ4v) is 6.75. The number of ether oxygens (including phenoxy) is 2. The summed E-state index contributed by atoms with van der Waals surface area (Å²) in [6, 6.07) is 62.0. The molecule has 0 N–H and O–H groups in total. The third kappa shape index (κ3) is 23.4. The van der Waals surface area contributed by atoms with Crippen LogP contribution in [0.15, 0.2) is 207 Å². The maximum absolute atomic E-state index is 10.7. The summed E-state index contributed by atoms with van der Waals surface area (Å²) in [6.45, 7) is 2.37. The second-order valence-electron chi connectivity index (χ2n) is 16.1. The van der Waals surface area contributed by atoms with Gasteiger partial charge in [0.15, 0.2) is 0 Å². The predicted molar refractivity (Wildman–Crippen MR) is 276 cm³/mol. The van der Waals surface area contributed by atoms with E-state index in [-0.39, 0.29) is 17.1 Å². The third-order valence-electron chi connectivity index (χ3n) is 9.75. The van der Waals surface area contributed by atoms with Gasteiger partial charge in [0.1, 0.15) is 24.7 Å². The Bertz CT molecular complexity index is 3250. The number of rotatable bonds is 10. The van der Waals surface area contributed by atoms with Crippen LogP contribution in [0, 0.1) is 11.3 Å². The van der Waals surface area contributed by atoms with Crippen LogP contribution in [0.1, 0.15) is 18.1 Å². The summed E-state index contributed by atoms with van der Waals surface area (Å²) in [6.07, 6.45) is 7.06. The number of benzene rings is 4. The fraction of sp³-hybridized carbons (Fsp3) is 0.0556. The summed E-state index contributed by atoms with van der Waals surface area (Å²) in [4.78, 5) is 27.3. The molecule has 6 heterocycles. The summed E-state index contributed by atoms with van der Waals surface area (Å²) in [5.41, 5.74) is 8.45. The van der Waals surface area contributed by atoms with Crippen LogP contribution in [0.4, 0.5) is 50.4 Å². The van der Waals surface area contributed by atoms with Crippen LogP contribution < -0.4 is 9.47 Å². The van der Waals surface area contributed by atoms with Gasteiger partial charge in [-0.05, 0) is 93.3 Å². The van der Waals surface area contributed by atoms with Gasteiger partial charge in [0.2, 0.25) is 0 Å². The number of nitrogens with zero attached hydrogens (tertiary/aromatic N) is 7. The first kappa shape index (κ1) is 60.8. The molecule has 10 aromatic rings. The van der Waals surface area contributed by atoms with Crippen LogP contribution in [0.2, 0.25) is 0 Å². The van der Waals surface area contributed by atoms with E-state index in [1.165, 1.54) is 28.5 Å². The van der Waals surface area contributed by atoms with E-state index in [4.69, 9.17) is 24.7 Å². The molecule has 0 saturated heterocycles. The maximum atomic E-state index is 9.87. The molecule has 4 aromatic carbocycles. The van der Waals surface area contributed by atoms with Gasteiger partial charge in [-0.2, -0.15) is 5.26 Å². The Labute approximate surface area is 448 Å². The van der Waals surface area contributed by atoms with E-state index in [2.05, 4.69) is 80.6 Å². The molecule has 0 spiro atoms. The summed E-state index contributed by atoms with van der Waals surface area (Å²) in [5, 5.41) is 12.2. The molecule has 9 nitrogen and oxygen atoms in total. The average Bonchev–Trinajstić information content (AvgIpc) is 3.40. The molecule has 0 bridgehead atoms. The summed E-state index contributed by atoms with van der Waals surface area (Å²) in [7, 11) is -21.3. The minimum Gasteiger partial charge on any atom is -0.489 e. The zero-order valence-corrected chi connectivity index (χ0v) is 43.2. The normalized spacial score (nSPS) is 12.6. The first-order valence-electron chi connectivity index (χ1n) is 22.4. The van der Waals surface area contributed by atoms with Crippen molar-refractivity contribution in [3.8, 4) is 63.1 Å². The van der Waals surface area contributed by atoms with E-state index in [1.54, 1.807) is 30.9 Å². The second-order valence-corrected chi connectivity index (χ2v) is 19.9. The number of hydrogen-bond acceptors (Lipinski definition) is 9. The van der Waals surface area contributed by atoms with E-state index in [0.29, 0.717) is 13.2 Å². The molecular formula is C54H41F12FeN7O2P2. The molecule has 0 radical (unpaired) electrons. The SMILES string of the molecule is CC#N.F[P-](F)(F)(F)(F)F.F[P-](F)(F)(F)(F)F.[Fe+2].c1ccc(-c2cc(OCc3ccc4ccccc4c3)cc(-c3ccccn3)n2)nc1.c1ccc(-c2cc(OCc3ccc4ccccc4c3)cc(-c3ccccn3)n2)nc1. The van der Waals surface area contributed by atoms with E-state index in [0.717, 1.165) is 68.2 Å². The Hall–Kier alpha value is -8.07. The number of hydrogen-bond donors (Lipinski definition) is 0. The van der Waals surface area contributed by atoms with Gasteiger partial charge in [-0.25, -0.2) is 9.97 Å². The smallest absolute Gasteiger partial charge is 0.489 e. The van der Waals surface area contributed by atoms with Crippen LogP contribution in [0.3, 0.4) is 0 Å². The zero-order chi connectivity index (χ0) is 55.9. The maximum Gasteiger partial charge on any atom is 2.00 e. The summed E-state index contributed by atoms with van der Waals surface area (Å²) < 4.78 is 131. The van der Waals surface area contributed by atoms with Crippen molar-refractivity contribution < 1.29 is 76.9 Å². The molecule has 6 aromatic heterocycles. The zero-order valence-electron chi connectivity index (χ0n) is 40.3. The van der Waals surface area contributed by atoms with Gasteiger partial charge in [-0.1, -0.05) is 97.1 Å². The molecule has 0 aliphatic rings. The quantitative estimate of drug-likeness (QED) is 0.0749. The van der Waals surface area contributed by atoms with Crippen molar-refractivity contribution in [3.05, 3.63) is 218 Å². The first-order valence-corrected chi connectivity index (χ1v) is 26.4. The third-order valence-corrected chi connectivity index (χ3v) is 9.75. The van der Waals surface area contributed by atoms with Crippen molar-refractivity contribution >= 4 is 37.2 Å². The average molecular weight is 1170 g/mol. The molecule has 78 heavy (non-hydrogen) atoms. The van der Waals surface area contributed by atoms with Gasteiger partial charge in [0, 0.05) is 56.0 Å². The van der Waals surface area contributed by atoms with E-state index >= 15 is 0 Å². The number of nitriles is 1. The monoisotopic (exact) mass is 1170 g/mol. The largest absolute Gasteiger partial charge is 2.00 e. The Kier molecular flexibility index (Phi) is 18.8. The van der Waals surface area contributed by atoms with Gasteiger partial charge in [0.25, 0.3) is 0 Å². The standard InChI is InChI=1S/2C26H19N3O.C2H3N.2F6P.Fe/c2*1-2-8-21-15-19(11-12-20(21)7-1)18-30-22-16-25(23-9-3-5-13-27-23)29-26(17-22)24-10-4-6-14-28-24;1-2-3;2*1-7(2,3,4,5)6;/h2*1-17H,18H2;1H3;;;/q;;;2*-1;+2. The Morgan fingerprint density at radius 1 is 0.359 bits per heavy atom. The second kappa shape index (κ2) is 24.1. The van der Waals surface area contributed by atoms with Crippen LogP contribution >= 0.6 is 15.6 Å². The van der Waals surface area contributed by atoms with Gasteiger partial charge < -0.3 is 9.47 Å². The minimum atomic E-state index is -10.7. The molecule has 0 atom stereocenters. The summed E-state index contributed by atoms with van der Waals surface area (Å²) in [5.74, 6) is 1.47. The minimum absolute atomic E-state index is 0. The Balaban J connectivity index is 0.000000220. The van der Waals surface area contributed by atoms with Gasteiger partial charge in [-0.3, -0.25) is 19.9 Å². The molecule has 0 saturated carbocycles. The van der Waals surface area contributed by atoms with Gasteiger partial charge in [-0.15, -0.1) is 0 Å². The van der Waals surface area contributed by atoms with Crippen LogP contribution in [-0.4, -0.2) is 29.9 Å². The number of pyridine rings is 6. The molecule has 0 fully saturated rings. The van der Waals surface area contributed by atoms with E-state index < -0.39 is 15.6 Å². The number of fused-ring (bicyclic) bond motifs is 2. The van der Waals surface area contributed by atoms with E-state index in [9.17, 15) is 50.4 Å². The number of halogens is 12. The molecule has 406 valence electrons. The van der Waals surface area contributed by atoms with Crippen LogP contribution in [0.5, 0.6) is 11.5 Å². The van der Waals surface area contributed by atoms with Crippen molar-refractivity contribution in [2.75, 3.05) is 0 Å². The predicted octanol–water partition coefficient (Wildman–Crippen LogP) is 19.2. The van der Waals surface area contributed by atoms with Crippen molar-refractivity contribution in [1.82, 2.24) is 29.9 Å². The van der Waals surface area contributed by atoms with Crippen LogP contribution in [-0.2, 0) is 30.3 Å². The van der Waals surface area contributed by atoms with Crippen molar-refractivity contribution in [2.24, 2.45) is 0 Å². The fourth-order valence-electron chi connectivity index (χ4n) is 6.75. The van der Waals surface area contributed by atoms with E-state index in [1.807, 2.05) is 121 Å². The van der Waals surface area contributed by atoms with Gasteiger partial charge >= 0.3 is 83.0 Å². The molecule has 0 amide bonds. The summed E-state index contributed by atoms with van der Waals surface area (Å²) >= 11 is 0. The molecular weight excluding hydrogens is 1120 g/mol. The molecule has 0 aliphatic carbocycles. The Morgan fingerprint density at radius 3 is 0.846 bits per heavy atom. The van der Waals surface area contributed by atoms with Crippen molar-refractivity contribution in [3.63, 3.8) is 0 Å². The molecule has 0 aliphatic heterocycles. The molecule has 24 heteroatoms. The van der Waals surface area contributed by atoms with Crippen LogP contribution in [0.25, 0.3) is 67.1 Å². The number of aromatic nitrogens is 6. The van der Waals surface area contributed by atoms with Crippen molar-refractivity contribution in [2.45, 2.75) is 20.1 Å². The van der Waals surface area contributed by atoms with Gasteiger partial charge in [0.05, 0.1) is 51.6 Å².